The fourth-order valence-electron chi connectivity index (χ4n) is 0.697. The molecule has 0 aliphatic heterocycles. The minimum absolute atomic E-state index is 0.161. The molecular formula is C8H14O3. The molecule has 0 unspecified atom stereocenters. The van der Waals surface area contributed by atoms with Crippen LogP contribution in [0.2, 0.25) is 0 Å². The van der Waals surface area contributed by atoms with E-state index in [9.17, 15) is 4.79 Å². The van der Waals surface area contributed by atoms with Crippen LogP contribution in [0.25, 0.3) is 0 Å². The minimum Gasteiger partial charge on any atom is -0.466 e. The fraction of sp³-hybridized carbons (Fsp3) is 0.625. The van der Waals surface area contributed by atoms with E-state index in [4.69, 9.17) is 5.11 Å². The largest absolute Gasteiger partial charge is 0.466 e. The fourth-order valence-corrected chi connectivity index (χ4v) is 0.697. The van der Waals surface area contributed by atoms with Crippen molar-refractivity contribution in [1.82, 2.24) is 0 Å². The van der Waals surface area contributed by atoms with Gasteiger partial charge in [-0.1, -0.05) is 6.58 Å². The first-order valence-corrected chi connectivity index (χ1v) is 3.59. The maximum Gasteiger partial charge on any atom is 0.333 e. The number of hydrogen-bond acceptors (Lipinski definition) is 3. The Bertz CT molecular complexity index is 140. The zero-order chi connectivity index (χ0) is 8.69. The predicted molar refractivity (Wildman–Crippen MR) is 42.1 cm³/mol. The summed E-state index contributed by atoms with van der Waals surface area (Å²) in [6.45, 7) is 3.70. The molecule has 0 saturated heterocycles. The van der Waals surface area contributed by atoms with Gasteiger partial charge >= 0.3 is 5.97 Å². The molecule has 0 amide bonds. The zero-order valence-electron chi connectivity index (χ0n) is 6.80. The smallest absolute Gasteiger partial charge is 0.333 e. The lowest BCUT2D eigenvalue weighted by molar-refractivity contribution is -0.136. The number of carbonyl (C=O) groups excluding carboxylic acids is 1. The summed E-state index contributed by atoms with van der Waals surface area (Å²) in [5.74, 6) is -0.358. The van der Waals surface area contributed by atoms with Crippen LogP contribution in [0, 0.1) is 0 Å². The van der Waals surface area contributed by atoms with Crippen LogP contribution in [0.15, 0.2) is 12.2 Å². The number of ether oxygens (including phenoxy) is 1. The van der Waals surface area contributed by atoms with Crippen molar-refractivity contribution in [2.45, 2.75) is 19.3 Å². The van der Waals surface area contributed by atoms with E-state index in [2.05, 4.69) is 11.3 Å². The van der Waals surface area contributed by atoms with Gasteiger partial charge in [0.15, 0.2) is 0 Å². The molecule has 0 saturated carbocycles. The Morgan fingerprint density at radius 3 is 2.64 bits per heavy atom. The van der Waals surface area contributed by atoms with E-state index < -0.39 is 0 Å². The summed E-state index contributed by atoms with van der Waals surface area (Å²) in [6.07, 6.45) is 2.09. The van der Waals surface area contributed by atoms with E-state index in [0.29, 0.717) is 18.4 Å². The highest BCUT2D eigenvalue weighted by Crippen LogP contribution is 2.05. The highest BCUT2D eigenvalue weighted by Gasteiger charge is 2.04. The molecule has 3 nitrogen and oxygen atoms in total. The summed E-state index contributed by atoms with van der Waals surface area (Å²) in [6, 6.07) is 0. The van der Waals surface area contributed by atoms with Crippen molar-refractivity contribution in [3.63, 3.8) is 0 Å². The molecule has 0 spiro atoms. The monoisotopic (exact) mass is 158 g/mol. The second kappa shape index (κ2) is 5.92. The molecule has 0 heterocycles. The van der Waals surface area contributed by atoms with E-state index in [1.807, 2.05) is 0 Å². The Kier molecular flexibility index (Phi) is 5.47. The number of carbonyl (C=O) groups is 1. The number of rotatable bonds is 5. The van der Waals surface area contributed by atoms with Gasteiger partial charge in [-0.05, 0) is 19.3 Å². The highest BCUT2D eigenvalue weighted by atomic mass is 16.5. The molecule has 3 heteroatoms. The van der Waals surface area contributed by atoms with E-state index in [1.165, 1.54) is 7.11 Å². The van der Waals surface area contributed by atoms with Gasteiger partial charge in [0.05, 0.1) is 7.11 Å². The Labute approximate surface area is 66.7 Å². The Morgan fingerprint density at radius 2 is 2.18 bits per heavy atom. The van der Waals surface area contributed by atoms with Crippen molar-refractivity contribution < 1.29 is 14.6 Å². The molecule has 0 aromatic carbocycles. The van der Waals surface area contributed by atoms with Gasteiger partial charge < -0.3 is 9.84 Å². The lowest BCUT2D eigenvalue weighted by Gasteiger charge is -2.01. The topological polar surface area (TPSA) is 46.5 Å². The zero-order valence-corrected chi connectivity index (χ0v) is 6.80. The van der Waals surface area contributed by atoms with Crippen LogP contribution in [0.5, 0.6) is 0 Å². The molecule has 0 aliphatic carbocycles. The quantitative estimate of drug-likeness (QED) is 0.367. The molecular weight excluding hydrogens is 144 g/mol. The summed E-state index contributed by atoms with van der Waals surface area (Å²) in [5.41, 5.74) is 0.473. The third-order valence-electron chi connectivity index (χ3n) is 1.36. The number of methoxy groups -OCH3 is 1. The molecule has 11 heavy (non-hydrogen) atoms. The van der Waals surface area contributed by atoms with Crippen LogP contribution in [0.1, 0.15) is 19.3 Å². The third kappa shape index (κ3) is 4.56. The molecule has 0 bridgehead atoms. The Balaban J connectivity index is 3.44. The van der Waals surface area contributed by atoms with Crippen LogP contribution in [-0.4, -0.2) is 24.8 Å². The number of aliphatic hydroxyl groups excluding tert-OH is 1. The van der Waals surface area contributed by atoms with E-state index >= 15 is 0 Å². The normalized spacial score (nSPS) is 9.27. The van der Waals surface area contributed by atoms with Crippen LogP contribution < -0.4 is 0 Å². The lowest BCUT2D eigenvalue weighted by atomic mass is 10.1. The van der Waals surface area contributed by atoms with E-state index in [-0.39, 0.29) is 12.6 Å². The maximum absolute atomic E-state index is 10.7. The molecule has 0 fully saturated rings. The molecule has 64 valence electrons. The summed E-state index contributed by atoms with van der Waals surface area (Å²) >= 11 is 0. The molecule has 0 aromatic heterocycles. The number of esters is 1. The van der Waals surface area contributed by atoms with Crippen molar-refractivity contribution in [2.24, 2.45) is 0 Å². The standard InChI is InChI=1S/C8H14O3/c1-7(8(10)11-2)5-3-4-6-9/h9H,1,3-6H2,2H3. The number of aliphatic hydroxyl groups is 1. The molecule has 0 atom stereocenters. The number of hydrogen-bond donors (Lipinski definition) is 1. The average Bonchev–Trinajstić information content (AvgIpc) is 2.03. The van der Waals surface area contributed by atoms with Gasteiger partial charge in [0, 0.05) is 12.2 Å². The van der Waals surface area contributed by atoms with Crippen LogP contribution >= 0.6 is 0 Å². The average molecular weight is 158 g/mol. The second-order valence-corrected chi connectivity index (χ2v) is 2.28. The van der Waals surface area contributed by atoms with Crippen molar-refractivity contribution in [3.05, 3.63) is 12.2 Å². The van der Waals surface area contributed by atoms with Crippen LogP contribution in [0.4, 0.5) is 0 Å². The summed E-state index contributed by atoms with van der Waals surface area (Å²) in [5, 5.41) is 8.43. The van der Waals surface area contributed by atoms with Gasteiger partial charge in [0.25, 0.3) is 0 Å². The lowest BCUT2D eigenvalue weighted by Crippen LogP contribution is -2.03. The van der Waals surface area contributed by atoms with Gasteiger partial charge in [-0.2, -0.15) is 0 Å². The predicted octanol–water partition coefficient (Wildman–Crippen LogP) is 0.878. The van der Waals surface area contributed by atoms with Crippen LogP contribution in [-0.2, 0) is 9.53 Å². The molecule has 0 aromatic rings. The molecule has 0 radical (unpaired) electrons. The van der Waals surface area contributed by atoms with Gasteiger partial charge in [-0.25, -0.2) is 4.79 Å². The Morgan fingerprint density at radius 1 is 1.55 bits per heavy atom. The SMILES string of the molecule is C=C(CCCCO)C(=O)OC. The van der Waals surface area contributed by atoms with E-state index in [0.717, 1.165) is 6.42 Å². The van der Waals surface area contributed by atoms with Gasteiger partial charge in [-0.15, -0.1) is 0 Å². The highest BCUT2D eigenvalue weighted by molar-refractivity contribution is 5.87. The summed E-state index contributed by atoms with van der Waals surface area (Å²) in [4.78, 5) is 10.7. The van der Waals surface area contributed by atoms with Crippen molar-refractivity contribution >= 4 is 5.97 Å². The first-order valence-electron chi connectivity index (χ1n) is 3.59. The van der Waals surface area contributed by atoms with Crippen molar-refractivity contribution in [3.8, 4) is 0 Å². The first kappa shape index (κ1) is 10.2. The van der Waals surface area contributed by atoms with Crippen molar-refractivity contribution in [2.75, 3.05) is 13.7 Å². The van der Waals surface area contributed by atoms with Gasteiger partial charge in [0.1, 0.15) is 0 Å². The summed E-state index contributed by atoms with van der Waals surface area (Å²) in [7, 11) is 1.33. The van der Waals surface area contributed by atoms with E-state index in [1.54, 1.807) is 0 Å². The molecule has 1 N–H and O–H groups in total. The van der Waals surface area contributed by atoms with Crippen molar-refractivity contribution in [1.29, 1.82) is 0 Å². The van der Waals surface area contributed by atoms with Crippen LogP contribution in [0.3, 0.4) is 0 Å². The molecule has 0 rings (SSSR count). The first-order chi connectivity index (χ1) is 5.22. The minimum atomic E-state index is -0.358. The Hall–Kier alpha value is -0.830. The second-order valence-electron chi connectivity index (χ2n) is 2.28. The molecule has 0 aliphatic rings. The third-order valence-corrected chi connectivity index (χ3v) is 1.36. The number of unbranched alkanes of at least 4 members (excludes halogenated alkanes) is 1. The maximum atomic E-state index is 10.7. The van der Waals surface area contributed by atoms with Gasteiger partial charge in [-0.3, -0.25) is 0 Å². The van der Waals surface area contributed by atoms with Gasteiger partial charge in [0.2, 0.25) is 0 Å². The summed E-state index contributed by atoms with van der Waals surface area (Å²) < 4.78 is 4.44.